The molecule has 4 rings (SSSR count). The maximum absolute atomic E-state index is 13.6. The average molecular weight is 837 g/mol. The summed E-state index contributed by atoms with van der Waals surface area (Å²) in [5.74, 6) is 0.465. The summed E-state index contributed by atoms with van der Waals surface area (Å²) in [5.41, 5.74) is 1.89. The number of ether oxygens (including phenoxy) is 2. The SMILES string of the molecule is CCCCCCCCCCCCCCCCCC(=O)Oc1c(O)cc2c(c1OC(=O)CCCCCCCCCCCCCCCCC)[C@H]1CC[C@]3(C)[C@@H](O)CC[C@H]3[C@H]1CC2. The molecule has 0 aliphatic heterocycles. The Labute approximate surface area is 368 Å². The van der Waals surface area contributed by atoms with Gasteiger partial charge in [0, 0.05) is 18.4 Å². The summed E-state index contributed by atoms with van der Waals surface area (Å²) in [6, 6.07) is 1.77. The van der Waals surface area contributed by atoms with Crippen LogP contribution in [0.2, 0.25) is 0 Å². The molecule has 0 amide bonds. The number of carbonyl (C=O) groups is 2. The van der Waals surface area contributed by atoms with Crippen molar-refractivity contribution < 1.29 is 29.3 Å². The Morgan fingerprint density at radius 3 is 1.40 bits per heavy atom. The van der Waals surface area contributed by atoms with Crippen molar-refractivity contribution >= 4 is 11.9 Å². The molecule has 2 fully saturated rings. The third-order valence-electron chi connectivity index (χ3n) is 15.2. The zero-order valence-corrected chi connectivity index (χ0v) is 39.3. The highest BCUT2D eigenvalue weighted by Gasteiger charge is 2.55. The van der Waals surface area contributed by atoms with E-state index in [1.165, 1.54) is 154 Å². The molecule has 0 aromatic heterocycles. The number of fused-ring (bicyclic) bond motifs is 5. The summed E-state index contributed by atoms with van der Waals surface area (Å²) in [4.78, 5) is 26.9. The van der Waals surface area contributed by atoms with Gasteiger partial charge in [-0.15, -0.1) is 0 Å². The molecule has 0 bridgehead atoms. The van der Waals surface area contributed by atoms with E-state index in [2.05, 4.69) is 20.8 Å². The Bertz CT molecular complexity index is 1340. The van der Waals surface area contributed by atoms with Gasteiger partial charge in [0.15, 0.2) is 11.5 Å². The van der Waals surface area contributed by atoms with Gasteiger partial charge in [-0.1, -0.05) is 201 Å². The van der Waals surface area contributed by atoms with Crippen LogP contribution in [0.5, 0.6) is 17.2 Å². The first-order chi connectivity index (χ1) is 29.3. The summed E-state index contributed by atoms with van der Waals surface area (Å²) in [6.07, 6.45) is 43.8. The molecule has 0 saturated heterocycles. The highest BCUT2D eigenvalue weighted by atomic mass is 16.6. The third kappa shape index (κ3) is 16.9. The third-order valence-corrected chi connectivity index (χ3v) is 15.2. The Balaban J connectivity index is 1.23. The molecule has 0 unspecified atom stereocenters. The first-order valence-electron chi connectivity index (χ1n) is 26.3. The van der Waals surface area contributed by atoms with E-state index in [1.807, 2.05) is 0 Å². The summed E-state index contributed by atoms with van der Waals surface area (Å²) in [7, 11) is 0. The van der Waals surface area contributed by atoms with E-state index in [9.17, 15) is 19.8 Å². The summed E-state index contributed by atoms with van der Waals surface area (Å²) >= 11 is 0. The largest absolute Gasteiger partial charge is 0.504 e. The van der Waals surface area contributed by atoms with Gasteiger partial charge >= 0.3 is 11.9 Å². The van der Waals surface area contributed by atoms with Crippen molar-refractivity contribution in [2.45, 2.75) is 277 Å². The van der Waals surface area contributed by atoms with Crippen molar-refractivity contribution in [2.24, 2.45) is 17.3 Å². The summed E-state index contributed by atoms with van der Waals surface area (Å²) < 4.78 is 12.2. The van der Waals surface area contributed by atoms with Crippen molar-refractivity contribution in [3.63, 3.8) is 0 Å². The predicted molar refractivity (Wildman–Crippen MR) is 249 cm³/mol. The number of aliphatic hydroxyl groups is 1. The van der Waals surface area contributed by atoms with E-state index < -0.39 is 0 Å². The molecule has 0 heterocycles. The number of aryl methyl sites for hydroxylation is 1. The number of rotatable bonds is 34. The van der Waals surface area contributed by atoms with E-state index in [-0.39, 0.29) is 53.0 Å². The lowest BCUT2D eigenvalue weighted by molar-refractivity contribution is -0.137. The second-order valence-electron chi connectivity index (χ2n) is 20.0. The first kappa shape index (κ1) is 50.6. The number of aromatic hydroxyl groups is 1. The van der Waals surface area contributed by atoms with Gasteiger partial charge in [0.05, 0.1) is 6.10 Å². The van der Waals surface area contributed by atoms with Crippen molar-refractivity contribution in [1.82, 2.24) is 0 Å². The van der Waals surface area contributed by atoms with Crippen LogP contribution >= 0.6 is 0 Å². The second-order valence-corrected chi connectivity index (χ2v) is 20.0. The van der Waals surface area contributed by atoms with E-state index in [0.29, 0.717) is 18.3 Å². The van der Waals surface area contributed by atoms with Gasteiger partial charge in [-0.25, -0.2) is 0 Å². The van der Waals surface area contributed by atoms with Crippen molar-refractivity contribution in [1.29, 1.82) is 0 Å². The lowest BCUT2D eigenvalue weighted by Crippen LogP contribution is -2.44. The van der Waals surface area contributed by atoms with Gasteiger partial charge in [0.2, 0.25) is 5.75 Å². The molecular formula is C54H92O6. The fourth-order valence-electron chi connectivity index (χ4n) is 11.5. The Morgan fingerprint density at radius 2 is 0.967 bits per heavy atom. The minimum atomic E-state index is -0.373. The number of phenolic OH excluding ortho intramolecular Hbond substituents is 1. The van der Waals surface area contributed by atoms with Crippen LogP contribution in [0.3, 0.4) is 0 Å². The fourth-order valence-corrected chi connectivity index (χ4v) is 11.5. The van der Waals surface area contributed by atoms with E-state index in [4.69, 9.17) is 9.47 Å². The smallest absolute Gasteiger partial charge is 0.311 e. The van der Waals surface area contributed by atoms with Crippen LogP contribution in [-0.4, -0.2) is 28.3 Å². The first-order valence-corrected chi connectivity index (χ1v) is 26.3. The van der Waals surface area contributed by atoms with Gasteiger partial charge in [-0.2, -0.15) is 0 Å². The lowest BCUT2D eigenvalue weighted by atomic mass is 9.55. The minimum Gasteiger partial charge on any atom is -0.504 e. The maximum atomic E-state index is 13.6. The number of carbonyl (C=O) groups excluding carboxylic acids is 2. The van der Waals surface area contributed by atoms with Crippen molar-refractivity contribution in [2.75, 3.05) is 0 Å². The Kier molecular flexibility index (Phi) is 24.7. The van der Waals surface area contributed by atoms with Crippen LogP contribution in [0.25, 0.3) is 0 Å². The second kappa shape index (κ2) is 29.3. The lowest BCUT2D eigenvalue weighted by Gasteiger charge is -2.50. The molecule has 6 nitrogen and oxygen atoms in total. The van der Waals surface area contributed by atoms with Crippen LogP contribution in [0.15, 0.2) is 6.07 Å². The molecule has 2 saturated carbocycles. The molecular weight excluding hydrogens is 745 g/mol. The van der Waals surface area contributed by atoms with E-state index in [1.54, 1.807) is 6.07 Å². The molecule has 1 aromatic rings. The summed E-state index contributed by atoms with van der Waals surface area (Å²) in [6.45, 7) is 6.82. The van der Waals surface area contributed by atoms with Gasteiger partial charge in [0.1, 0.15) is 0 Å². The quantitative estimate of drug-likeness (QED) is 0.0408. The molecule has 5 atom stereocenters. The maximum Gasteiger partial charge on any atom is 0.311 e. The molecule has 0 radical (unpaired) electrons. The Hall–Kier alpha value is -2.08. The average Bonchev–Trinajstić information content (AvgIpc) is 3.55. The van der Waals surface area contributed by atoms with Gasteiger partial charge < -0.3 is 19.7 Å². The number of hydrogen-bond donors (Lipinski definition) is 2. The van der Waals surface area contributed by atoms with E-state index in [0.717, 1.165) is 88.2 Å². The topological polar surface area (TPSA) is 93.1 Å². The van der Waals surface area contributed by atoms with Crippen LogP contribution in [-0.2, 0) is 16.0 Å². The molecule has 2 N–H and O–H groups in total. The van der Waals surface area contributed by atoms with Crippen molar-refractivity contribution in [3.8, 4) is 17.2 Å². The van der Waals surface area contributed by atoms with Crippen LogP contribution in [0.1, 0.15) is 275 Å². The monoisotopic (exact) mass is 837 g/mol. The van der Waals surface area contributed by atoms with Crippen LogP contribution in [0.4, 0.5) is 0 Å². The highest BCUT2D eigenvalue weighted by molar-refractivity contribution is 5.79. The number of phenols is 1. The van der Waals surface area contributed by atoms with Gasteiger partial charge in [-0.3, -0.25) is 9.59 Å². The molecule has 0 spiro atoms. The normalized spacial score (nSPS) is 22.0. The molecule has 3 aliphatic carbocycles. The molecule has 1 aromatic carbocycles. The number of unbranched alkanes of at least 4 members (excludes halogenated alkanes) is 28. The highest BCUT2D eigenvalue weighted by Crippen LogP contribution is 2.63. The zero-order chi connectivity index (χ0) is 42.8. The fraction of sp³-hybridized carbons (Fsp3) is 0.852. The van der Waals surface area contributed by atoms with Gasteiger partial charge in [-0.05, 0) is 86.2 Å². The summed E-state index contributed by atoms with van der Waals surface area (Å²) in [5, 5.41) is 22.3. The predicted octanol–water partition coefficient (Wildman–Crippen LogP) is 15.9. The molecule has 3 aliphatic rings. The molecule has 344 valence electrons. The Morgan fingerprint density at radius 1 is 0.567 bits per heavy atom. The number of aliphatic hydroxyl groups excluding tert-OH is 1. The number of benzene rings is 1. The number of hydrogen-bond acceptors (Lipinski definition) is 6. The van der Waals surface area contributed by atoms with Gasteiger partial charge in [0.25, 0.3) is 0 Å². The minimum absolute atomic E-state index is 0.0324. The number of esters is 2. The van der Waals surface area contributed by atoms with E-state index >= 15 is 0 Å². The van der Waals surface area contributed by atoms with Crippen LogP contribution < -0.4 is 9.47 Å². The molecule has 60 heavy (non-hydrogen) atoms. The van der Waals surface area contributed by atoms with Crippen LogP contribution in [0, 0.1) is 17.3 Å². The van der Waals surface area contributed by atoms with Crippen molar-refractivity contribution in [3.05, 3.63) is 17.2 Å². The molecule has 6 heteroatoms. The standard InChI is InChI=1S/C54H92O6/c1-4-6-8-10-12-14-16-18-20-22-24-26-28-30-32-34-49(57)59-52-47(55)42-43-36-37-44-45(40-41-54(3)46(44)38-39-48(54)56)51(43)53(52)60-50(58)35-33-31-29-27-25-23-21-19-17-15-13-11-9-7-5-2/h42,44-46,48,55-56H,4-41H2,1-3H3/t44-,45-,46-,48-,54-/m0/s1. The zero-order valence-electron chi connectivity index (χ0n) is 39.3.